The Bertz CT molecular complexity index is 455. The monoisotopic (exact) mass is 270 g/mol. The van der Waals surface area contributed by atoms with E-state index in [2.05, 4.69) is 22.2 Å². The molecule has 18 heavy (non-hydrogen) atoms. The molecular weight excluding hydrogens is 256 g/mol. The minimum absolute atomic E-state index is 0.0401. The van der Waals surface area contributed by atoms with Gasteiger partial charge in [0.25, 0.3) is 5.69 Å². The molecule has 0 amide bonds. The van der Waals surface area contributed by atoms with Gasteiger partial charge in [-0.3, -0.25) is 10.1 Å². The highest BCUT2D eigenvalue weighted by Crippen LogP contribution is 2.22. The van der Waals surface area contributed by atoms with E-state index >= 15 is 0 Å². The predicted octanol–water partition coefficient (Wildman–Crippen LogP) is 2.15. The van der Waals surface area contributed by atoms with E-state index in [-0.39, 0.29) is 16.9 Å². The van der Waals surface area contributed by atoms with Crippen molar-refractivity contribution in [1.29, 1.82) is 0 Å². The van der Waals surface area contributed by atoms with Crippen molar-refractivity contribution in [3.8, 4) is 0 Å². The maximum Gasteiger partial charge on any atom is 0.276 e. The summed E-state index contributed by atoms with van der Waals surface area (Å²) in [6.45, 7) is 1.99. The van der Waals surface area contributed by atoms with Gasteiger partial charge in [-0.15, -0.1) is 0 Å². The molecular formula is C11H15ClN4O2. The lowest BCUT2D eigenvalue weighted by molar-refractivity contribution is -0.384. The topological polar surface area (TPSA) is 71.3 Å². The number of nitrogens with zero attached hydrogens (tertiary/aromatic N) is 3. The molecule has 2 heterocycles. The smallest absolute Gasteiger partial charge is 0.276 e. The van der Waals surface area contributed by atoms with Gasteiger partial charge in [-0.25, -0.2) is 4.98 Å². The summed E-state index contributed by atoms with van der Waals surface area (Å²) in [5, 5.41) is 14.1. The normalized spacial score (nSPS) is 20.7. The maximum absolute atomic E-state index is 10.7. The van der Waals surface area contributed by atoms with Gasteiger partial charge in [-0.1, -0.05) is 11.6 Å². The minimum Gasteiger partial charge on any atom is -0.366 e. The number of aromatic nitrogens is 1. The van der Waals surface area contributed by atoms with Gasteiger partial charge in [0.1, 0.15) is 11.0 Å². The molecule has 1 N–H and O–H groups in total. The van der Waals surface area contributed by atoms with Crippen LogP contribution in [0.4, 0.5) is 11.5 Å². The summed E-state index contributed by atoms with van der Waals surface area (Å²) in [5.41, 5.74) is -0.0401. The molecule has 1 atom stereocenters. The standard InChI is InChI=1S/C11H15ClN4O2/c1-15-4-2-3-8(7-15)13-11-6-9(16(17)18)5-10(12)14-11/h5-6,8H,2-4,7H2,1H3,(H,13,14). The Morgan fingerprint density at radius 2 is 2.39 bits per heavy atom. The number of nitro groups is 1. The average Bonchev–Trinajstić information content (AvgIpc) is 2.28. The number of hydrogen-bond donors (Lipinski definition) is 1. The number of rotatable bonds is 3. The summed E-state index contributed by atoms with van der Waals surface area (Å²) in [6, 6.07) is 2.93. The quantitative estimate of drug-likeness (QED) is 0.518. The lowest BCUT2D eigenvalue weighted by Crippen LogP contribution is -2.39. The molecule has 1 unspecified atom stereocenters. The van der Waals surface area contributed by atoms with Gasteiger partial charge in [-0.2, -0.15) is 0 Å². The number of likely N-dealkylation sites (N-methyl/N-ethyl adjacent to an activating group) is 1. The van der Waals surface area contributed by atoms with Crippen molar-refractivity contribution in [2.45, 2.75) is 18.9 Å². The summed E-state index contributed by atoms with van der Waals surface area (Å²) >= 11 is 5.77. The molecule has 0 saturated carbocycles. The third-order valence-corrected chi connectivity index (χ3v) is 3.16. The molecule has 1 aliphatic heterocycles. The van der Waals surface area contributed by atoms with E-state index in [1.807, 2.05) is 0 Å². The number of hydrogen-bond acceptors (Lipinski definition) is 5. The van der Waals surface area contributed by atoms with Gasteiger partial charge < -0.3 is 10.2 Å². The second-order valence-electron chi connectivity index (χ2n) is 4.54. The highest BCUT2D eigenvalue weighted by molar-refractivity contribution is 6.29. The van der Waals surface area contributed by atoms with Crippen LogP contribution >= 0.6 is 11.6 Å². The first kappa shape index (κ1) is 13.0. The minimum atomic E-state index is -0.467. The van der Waals surface area contributed by atoms with E-state index in [0.29, 0.717) is 5.82 Å². The fraction of sp³-hybridized carbons (Fsp3) is 0.545. The molecule has 0 aromatic carbocycles. The molecule has 0 spiro atoms. The highest BCUT2D eigenvalue weighted by atomic mass is 35.5. The van der Waals surface area contributed by atoms with E-state index in [1.165, 1.54) is 12.1 Å². The second kappa shape index (κ2) is 5.49. The van der Waals surface area contributed by atoms with Gasteiger partial charge in [-0.05, 0) is 26.4 Å². The number of nitrogens with one attached hydrogen (secondary N) is 1. The Hall–Kier alpha value is -1.40. The maximum atomic E-state index is 10.7. The van der Waals surface area contributed by atoms with Crippen LogP contribution in [0.5, 0.6) is 0 Å². The van der Waals surface area contributed by atoms with E-state index in [0.717, 1.165) is 25.9 Å². The number of likely N-dealkylation sites (tertiary alicyclic amines) is 1. The van der Waals surface area contributed by atoms with E-state index in [9.17, 15) is 10.1 Å². The van der Waals surface area contributed by atoms with Crippen molar-refractivity contribution in [1.82, 2.24) is 9.88 Å². The summed E-state index contributed by atoms with van der Waals surface area (Å²) in [5.74, 6) is 0.467. The molecule has 7 heteroatoms. The molecule has 0 radical (unpaired) electrons. The predicted molar refractivity (Wildman–Crippen MR) is 70.0 cm³/mol. The molecule has 2 rings (SSSR count). The summed E-state index contributed by atoms with van der Waals surface area (Å²) in [7, 11) is 2.06. The SMILES string of the molecule is CN1CCCC(Nc2cc([N+](=O)[O-])cc(Cl)n2)C1. The molecule has 1 fully saturated rings. The number of halogens is 1. The van der Waals surface area contributed by atoms with Crippen LogP contribution in [-0.4, -0.2) is 41.0 Å². The first-order valence-corrected chi connectivity index (χ1v) is 6.19. The van der Waals surface area contributed by atoms with Crippen molar-refractivity contribution < 1.29 is 4.92 Å². The molecule has 98 valence electrons. The largest absolute Gasteiger partial charge is 0.366 e. The summed E-state index contributed by atoms with van der Waals surface area (Å²) in [4.78, 5) is 16.6. The van der Waals surface area contributed by atoms with Crippen LogP contribution < -0.4 is 5.32 Å². The van der Waals surface area contributed by atoms with E-state index in [4.69, 9.17) is 11.6 Å². The van der Waals surface area contributed by atoms with Crippen LogP contribution in [0.3, 0.4) is 0 Å². The van der Waals surface area contributed by atoms with E-state index in [1.54, 1.807) is 0 Å². The van der Waals surface area contributed by atoms with Gasteiger partial charge in [0.05, 0.1) is 17.1 Å². The van der Waals surface area contributed by atoms with Crippen molar-refractivity contribution in [3.63, 3.8) is 0 Å². The van der Waals surface area contributed by atoms with Crippen LogP contribution in [-0.2, 0) is 0 Å². The number of pyridine rings is 1. The second-order valence-corrected chi connectivity index (χ2v) is 4.92. The lowest BCUT2D eigenvalue weighted by atomic mass is 10.1. The number of piperidine rings is 1. The lowest BCUT2D eigenvalue weighted by Gasteiger charge is -2.30. The molecule has 1 aromatic rings. The van der Waals surface area contributed by atoms with Crippen LogP contribution in [0.15, 0.2) is 12.1 Å². The Balaban J connectivity index is 2.10. The van der Waals surface area contributed by atoms with E-state index < -0.39 is 4.92 Å². The summed E-state index contributed by atoms with van der Waals surface area (Å²) < 4.78 is 0. The fourth-order valence-corrected chi connectivity index (χ4v) is 2.36. The third kappa shape index (κ3) is 3.30. The van der Waals surface area contributed by atoms with Crippen LogP contribution in [0.25, 0.3) is 0 Å². The van der Waals surface area contributed by atoms with Crippen molar-refractivity contribution in [2.75, 3.05) is 25.5 Å². The highest BCUT2D eigenvalue weighted by Gasteiger charge is 2.18. The molecule has 1 aromatic heterocycles. The first-order valence-electron chi connectivity index (χ1n) is 5.81. The van der Waals surface area contributed by atoms with Crippen molar-refractivity contribution >= 4 is 23.1 Å². The van der Waals surface area contributed by atoms with Crippen LogP contribution in [0.2, 0.25) is 5.15 Å². The molecule has 6 nitrogen and oxygen atoms in total. The molecule has 1 saturated heterocycles. The van der Waals surface area contributed by atoms with Crippen molar-refractivity contribution in [2.24, 2.45) is 0 Å². The van der Waals surface area contributed by atoms with Gasteiger partial charge in [0.15, 0.2) is 0 Å². The zero-order valence-corrected chi connectivity index (χ0v) is 10.9. The third-order valence-electron chi connectivity index (χ3n) is 2.97. The van der Waals surface area contributed by atoms with Crippen LogP contribution in [0, 0.1) is 10.1 Å². The molecule has 0 aliphatic carbocycles. The Morgan fingerprint density at radius 3 is 3.06 bits per heavy atom. The summed E-state index contributed by atoms with van der Waals surface area (Å²) in [6.07, 6.45) is 2.14. The van der Waals surface area contributed by atoms with Crippen LogP contribution in [0.1, 0.15) is 12.8 Å². The fourth-order valence-electron chi connectivity index (χ4n) is 2.16. The van der Waals surface area contributed by atoms with Crippen molar-refractivity contribution in [3.05, 3.63) is 27.4 Å². The van der Waals surface area contributed by atoms with Gasteiger partial charge >= 0.3 is 0 Å². The first-order chi connectivity index (χ1) is 8.54. The number of anilines is 1. The average molecular weight is 271 g/mol. The Labute approximate surface area is 110 Å². The van der Waals surface area contributed by atoms with Gasteiger partial charge in [0, 0.05) is 12.6 Å². The Morgan fingerprint density at radius 1 is 1.61 bits per heavy atom. The molecule has 1 aliphatic rings. The Kier molecular flexibility index (Phi) is 3.98. The molecule has 0 bridgehead atoms. The van der Waals surface area contributed by atoms with Gasteiger partial charge in [0.2, 0.25) is 0 Å². The zero-order valence-electron chi connectivity index (χ0n) is 10.1. The zero-order chi connectivity index (χ0) is 13.1.